The van der Waals surface area contributed by atoms with Crippen molar-refractivity contribution in [2.75, 3.05) is 13.6 Å². The van der Waals surface area contributed by atoms with E-state index in [-0.39, 0.29) is 0 Å². The molecule has 17 heavy (non-hydrogen) atoms. The second kappa shape index (κ2) is 5.88. The Hall–Kier alpha value is -0.530. The molecule has 1 aromatic rings. The van der Waals surface area contributed by atoms with Gasteiger partial charge in [0.05, 0.1) is 0 Å². The van der Waals surface area contributed by atoms with Crippen LogP contribution in [0.5, 0.6) is 0 Å². The first-order chi connectivity index (χ1) is 8.20. The molecule has 2 heteroatoms. The molecule has 3 atom stereocenters. The Kier molecular flexibility index (Phi) is 4.47. The van der Waals surface area contributed by atoms with E-state index in [1.54, 1.807) is 0 Å². The Balaban J connectivity index is 2.16. The maximum absolute atomic E-state index is 5.96. The summed E-state index contributed by atoms with van der Waals surface area (Å²) >= 11 is 5.96. The minimum Gasteiger partial charge on any atom is -0.319 e. The SMILES string of the molecule is CNCC1CCC(C)CC1c1ccc(Cl)cc1. The summed E-state index contributed by atoms with van der Waals surface area (Å²) in [4.78, 5) is 0. The molecule has 0 heterocycles. The average molecular weight is 252 g/mol. The van der Waals surface area contributed by atoms with Gasteiger partial charge in [0.25, 0.3) is 0 Å². The largest absolute Gasteiger partial charge is 0.319 e. The molecular formula is C15H22ClN. The zero-order valence-corrected chi connectivity index (χ0v) is 11.5. The highest BCUT2D eigenvalue weighted by Gasteiger charge is 2.29. The molecule has 1 fully saturated rings. The first-order valence-corrected chi connectivity index (χ1v) is 6.98. The average Bonchev–Trinajstić information content (AvgIpc) is 2.33. The maximum Gasteiger partial charge on any atom is 0.0406 e. The van der Waals surface area contributed by atoms with Gasteiger partial charge in [0.1, 0.15) is 0 Å². The summed E-state index contributed by atoms with van der Waals surface area (Å²) in [6.45, 7) is 3.50. The summed E-state index contributed by atoms with van der Waals surface area (Å²) < 4.78 is 0. The Morgan fingerprint density at radius 3 is 2.59 bits per heavy atom. The number of hydrogen-bond acceptors (Lipinski definition) is 1. The van der Waals surface area contributed by atoms with Crippen LogP contribution in [0.4, 0.5) is 0 Å². The van der Waals surface area contributed by atoms with Crippen molar-refractivity contribution in [2.24, 2.45) is 11.8 Å². The van der Waals surface area contributed by atoms with Crippen LogP contribution in [0.3, 0.4) is 0 Å². The fourth-order valence-electron chi connectivity index (χ4n) is 3.07. The van der Waals surface area contributed by atoms with Crippen molar-refractivity contribution in [3.05, 3.63) is 34.9 Å². The maximum atomic E-state index is 5.96. The lowest BCUT2D eigenvalue weighted by molar-refractivity contribution is 0.245. The van der Waals surface area contributed by atoms with Crippen molar-refractivity contribution in [2.45, 2.75) is 32.1 Å². The third kappa shape index (κ3) is 3.23. The van der Waals surface area contributed by atoms with E-state index in [4.69, 9.17) is 11.6 Å². The topological polar surface area (TPSA) is 12.0 Å². The number of benzene rings is 1. The van der Waals surface area contributed by atoms with Gasteiger partial charge < -0.3 is 5.32 Å². The highest BCUT2D eigenvalue weighted by Crippen LogP contribution is 2.40. The van der Waals surface area contributed by atoms with E-state index in [0.29, 0.717) is 5.92 Å². The number of nitrogens with one attached hydrogen (secondary N) is 1. The van der Waals surface area contributed by atoms with Gasteiger partial charge in [0.2, 0.25) is 0 Å². The molecule has 2 rings (SSSR count). The molecule has 3 unspecified atom stereocenters. The first kappa shape index (κ1) is 12.9. The van der Waals surface area contributed by atoms with Crippen molar-refractivity contribution < 1.29 is 0 Å². The van der Waals surface area contributed by atoms with E-state index in [9.17, 15) is 0 Å². The van der Waals surface area contributed by atoms with Gasteiger partial charge in [-0.2, -0.15) is 0 Å². The normalized spacial score (nSPS) is 29.2. The predicted molar refractivity (Wildman–Crippen MR) is 74.6 cm³/mol. The van der Waals surface area contributed by atoms with Crippen molar-refractivity contribution >= 4 is 11.6 Å². The van der Waals surface area contributed by atoms with Gasteiger partial charge in [-0.3, -0.25) is 0 Å². The van der Waals surface area contributed by atoms with Gasteiger partial charge >= 0.3 is 0 Å². The van der Waals surface area contributed by atoms with Crippen LogP contribution in [0, 0.1) is 11.8 Å². The molecule has 0 saturated heterocycles. The van der Waals surface area contributed by atoms with Crippen LogP contribution in [0.15, 0.2) is 24.3 Å². The molecule has 1 saturated carbocycles. The summed E-state index contributed by atoms with van der Waals surface area (Å²) in [5.74, 6) is 2.32. The minimum atomic E-state index is 0.698. The lowest BCUT2D eigenvalue weighted by atomic mass is 9.71. The lowest BCUT2D eigenvalue weighted by Crippen LogP contribution is -2.29. The van der Waals surface area contributed by atoms with Crippen LogP contribution >= 0.6 is 11.6 Å². The standard InChI is InChI=1S/C15H22ClN/c1-11-3-4-13(10-17-2)15(9-11)12-5-7-14(16)8-6-12/h5-8,11,13,15,17H,3-4,9-10H2,1-2H3. The molecule has 0 radical (unpaired) electrons. The fraction of sp³-hybridized carbons (Fsp3) is 0.600. The van der Waals surface area contributed by atoms with Crippen LogP contribution in [-0.2, 0) is 0 Å². The smallest absolute Gasteiger partial charge is 0.0406 e. The molecule has 0 amide bonds. The second-order valence-corrected chi connectivity index (χ2v) is 5.83. The molecule has 0 bridgehead atoms. The van der Waals surface area contributed by atoms with Crippen LogP contribution in [0.25, 0.3) is 0 Å². The van der Waals surface area contributed by atoms with Gasteiger partial charge in [-0.25, -0.2) is 0 Å². The molecule has 0 aromatic heterocycles. The third-order valence-corrected chi connectivity index (χ3v) is 4.27. The summed E-state index contributed by atoms with van der Waals surface area (Å²) in [5.41, 5.74) is 1.46. The zero-order chi connectivity index (χ0) is 12.3. The van der Waals surface area contributed by atoms with Gasteiger partial charge in [-0.05, 0) is 61.9 Å². The molecule has 1 nitrogen and oxygen atoms in total. The monoisotopic (exact) mass is 251 g/mol. The quantitative estimate of drug-likeness (QED) is 0.854. The molecule has 1 aliphatic carbocycles. The highest BCUT2D eigenvalue weighted by atomic mass is 35.5. The van der Waals surface area contributed by atoms with Crippen LogP contribution in [0.2, 0.25) is 5.02 Å². The Bertz CT molecular complexity index is 346. The van der Waals surface area contributed by atoms with Crippen molar-refractivity contribution in [1.82, 2.24) is 5.32 Å². The second-order valence-electron chi connectivity index (χ2n) is 5.39. The van der Waals surface area contributed by atoms with E-state index in [1.165, 1.54) is 24.8 Å². The molecular weight excluding hydrogens is 230 g/mol. The van der Waals surface area contributed by atoms with Crippen LogP contribution in [-0.4, -0.2) is 13.6 Å². The fourth-order valence-corrected chi connectivity index (χ4v) is 3.19. The van der Waals surface area contributed by atoms with E-state index < -0.39 is 0 Å². The summed E-state index contributed by atoms with van der Waals surface area (Å²) in [6.07, 6.45) is 4.03. The van der Waals surface area contributed by atoms with Gasteiger partial charge in [0.15, 0.2) is 0 Å². The highest BCUT2D eigenvalue weighted by molar-refractivity contribution is 6.30. The summed E-state index contributed by atoms with van der Waals surface area (Å²) in [7, 11) is 2.05. The van der Waals surface area contributed by atoms with E-state index in [1.807, 2.05) is 12.1 Å². The number of halogens is 1. The van der Waals surface area contributed by atoms with Crippen molar-refractivity contribution in [3.63, 3.8) is 0 Å². The van der Waals surface area contributed by atoms with Crippen molar-refractivity contribution in [3.8, 4) is 0 Å². The summed E-state index contributed by atoms with van der Waals surface area (Å²) in [6, 6.07) is 8.45. The molecule has 1 N–H and O–H groups in total. The molecule has 0 spiro atoms. The third-order valence-electron chi connectivity index (χ3n) is 4.02. The number of hydrogen-bond donors (Lipinski definition) is 1. The molecule has 0 aliphatic heterocycles. The molecule has 1 aromatic carbocycles. The molecule has 1 aliphatic rings. The van der Waals surface area contributed by atoms with E-state index >= 15 is 0 Å². The van der Waals surface area contributed by atoms with Crippen LogP contribution < -0.4 is 5.32 Å². The minimum absolute atomic E-state index is 0.698. The van der Waals surface area contributed by atoms with Gasteiger partial charge in [-0.15, -0.1) is 0 Å². The Labute approximate surface area is 110 Å². The van der Waals surface area contributed by atoms with E-state index in [2.05, 4.69) is 31.4 Å². The van der Waals surface area contributed by atoms with Gasteiger partial charge in [-0.1, -0.05) is 37.1 Å². The van der Waals surface area contributed by atoms with Gasteiger partial charge in [0, 0.05) is 5.02 Å². The van der Waals surface area contributed by atoms with Crippen molar-refractivity contribution in [1.29, 1.82) is 0 Å². The zero-order valence-electron chi connectivity index (χ0n) is 10.7. The Morgan fingerprint density at radius 2 is 1.94 bits per heavy atom. The predicted octanol–water partition coefficient (Wildman–Crippen LogP) is 4.08. The van der Waals surface area contributed by atoms with E-state index in [0.717, 1.165) is 23.4 Å². The number of rotatable bonds is 3. The lowest BCUT2D eigenvalue weighted by Gasteiger charge is -2.35. The molecule has 94 valence electrons. The first-order valence-electron chi connectivity index (χ1n) is 6.60. The Morgan fingerprint density at radius 1 is 1.24 bits per heavy atom. The van der Waals surface area contributed by atoms with Crippen LogP contribution in [0.1, 0.15) is 37.7 Å². The summed E-state index contributed by atoms with van der Waals surface area (Å²) in [5, 5.41) is 4.17.